The Labute approximate surface area is 69.2 Å². The second kappa shape index (κ2) is 3.25. The van der Waals surface area contributed by atoms with E-state index >= 15 is 0 Å². The molecule has 0 aromatic carbocycles. The number of anilines is 1. The van der Waals surface area contributed by atoms with Crippen LogP contribution in [0.1, 0.15) is 25.0 Å². The van der Waals surface area contributed by atoms with E-state index in [1.807, 2.05) is 0 Å². The number of nitrogens with two attached hydrogens (primary N) is 1. The summed E-state index contributed by atoms with van der Waals surface area (Å²) >= 11 is 0. The summed E-state index contributed by atoms with van der Waals surface area (Å²) in [6, 6.07) is 1.54. The van der Waals surface area contributed by atoms with Crippen LogP contribution in [-0.2, 0) is 4.79 Å². The van der Waals surface area contributed by atoms with Gasteiger partial charge >= 0.3 is 5.97 Å². The molecule has 1 heterocycles. The van der Waals surface area contributed by atoms with Crippen LogP contribution in [0.25, 0.3) is 0 Å². The summed E-state index contributed by atoms with van der Waals surface area (Å²) in [7, 11) is 0. The van der Waals surface area contributed by atoms with Crippen LogP contribution in [0.5, 0.6) is 0 Å². The fourth-order valence-electron chi connectivity index (χ4n) is 0.903. The first-order valence-electron chi connectivity index (χ1n) is 3.53. The smallest absolute Gasteiger partial charge is 0.304 e. The Bertz CT molecular complexity index is 282. The van der Waals surface area contributed by atoms with Gasteiger partial charge in [-0.2, -0.15) is 0 Å². The molecule has 0 aliphatic rings. The monoisotopic (exact) mass is 170 g/mol. The number of hydrogen-bond donors (Lipinski definition) is 2. The van der Waals surface area contributed by atoms with Gasteiger partial charge in [0.05, 0.1) is 12.1 Å². The molecule has 5 heteroatoms. The minimum atomic E-state index is -0.857. The molecule has 0 bridgehead atoms. The highest BCUT2D eigenvalue weighted by atomic mass is 16.5. The lowest BCUT2D eigenvalue weighted by Crippen LogP contribution is -2.02. The molecule has 1 aromatic heterocycles. The molecule has 0 amide bonds. The third-order valence-electron chi connectivity index (χ3n) is 1.53. The summed E-state index contributed by atoms with van der Waals surface area (Å²) in [4.78, 5) is 10.3. The molecule has 1 aromatic rings. The van der Waals surface area contributed by atoms with E-state index in [-0.39, 0.29) is 18.2 Å². The van der Waals surface area contributed by atoms with E-state index in [0.29, 0.717) is 5.69 Å². The molecule has 0 aliphatic carbocycles. The average Bonchev–Trinajstić information content (AvgIpc) is 2.34. The van der Waals surface area contributed by atoms with Gasteiger partial charge in [0, 0.05) is 12.0 Å². The third kappa shape index (κ3) is 1.98. The zero-order chi connectivity index (χ0) is 9.14. The van der Waals surface area contributed by atoms with Crippen molar-refractivity contribution in [2.75, 3.05) is 5.73 Å². The number of rotatable bonds is 3. The van der Waals surface area contributed by atoms with Crippen molar-refractivity contribution in [1.82, 2.24) is 5.16 Å². The first-order valence-corrected chi connectivity index (χ1v) is 3.53. The highest BCUT2D eigenvalue weighted by molar-refractivity contribution is 5.67. The quantitative estimate of drug-likeness (QED) is 0.701. The van der Waals surface area contributed by atoms with Gasteiger partial charge in [0.25, 0.3) is 0 Å². The fraction of sp³-hybridized carbons (Fsp3) is 0.429. The molecule has 1 unspecified atom stereocenters. The van der Waals surface area contributed by atoms with Gasteiger partial charge in [-0.25, -0.2) is 0 Å². The van der Waals surface area contributed by atoms with Crippen LogP contribution in [0.2, 0.25) is 0 Å². The largest absolute Gasteiger partial charge is 0.481 e. The normalized spacial score (nSPS) is 12.8. The lowest BCUT2D eigenvalue weighted by Gasteiger charge is -2.01. The molecule has 3 N–H and O–H groups in total. The zero-order valence-electron chi connectivity index (χ0n) is 6.65. The standard InChI is InChI=1S/C7H10N2O3/c1-4(2-7(10)11)5-3-6(8)12-9-5/h3-4H,2,8H2,1H3,(H,10,11). The molecule has 0 fully saturated rings. The van der Waals surface area contributed by atoms with Crippen molar-refractivity contribution < 1.29 is 14.4 Å². The summed E-state index contributed by atoms with van der Waals surface area (Å²) in [5, 5.41) is 12.1. The molecule has 12 heavy (non-hydrogen) atoms. The first-order chi connectivity index (χ1) is 5.59. The molecule has 0 aliphatic heterocycles. The van der Waals surface area contributed by atoms with Gasteiger partial charge in [0.15, 0.2) is 0 Å². The Balaban J connectivity index is 2.64. The number of aromatic nitrogens is 1. The third-order valence-corrected chi connectivity index (χ3v) is 1.53. The lowest BCUT2D eigenvalue weighted by molar-refractivity contribution is -0.137. The summed E-state index contributed by atoms with van der Waals surface area (Å²) in [6.07, 6.45) is 0.0337. The van der Waals surface area contributed by atoms with Crippen LogP contribution in [-0.4, -0.2) is 16.2 Å². The second-order valence-corrected chi connectivity index (χ2v) is 2.65. The maximum atomic E-state index is 10.3. The Morgan fingerprint density at radius 1 is 1.92 bits per heavy atom. The Kier molecular flexibility index (Phi) is 2.32. The van der Waals surface area contributed by atoms with E-state index in [1.165, 1.54) is 6.07 Å². The van der Waals surface area contributed by atoms with Crippen LogP contribution in [0.4, 0.5) is 5.88 Å². The number of carboxylic acids is 1. The Hall–Kier alpha value is -1.52. The van der Waals surface area contributed by atoms with Gasteiger partial charge in [-0.05, 0) is 0 Å². The van der Waals surface area contributed by atoms with Crippen LogP contribution >= 0.6 is 0 Å². The van der Waals surface area contributed by atoms with Gasteiger partial charge in [0.2, 0.25) is 5.88 Å². The molecular formula is C7H10N2O3. The van der Waals surface area contributed by atoms with Gasteiger partial charge in [0.1, 0.15) is 0 Å². The number of carboxylic acid groups (broad SMARTS) is 1. The molecule has 1 atom stereocenters. The van der Waals surface area contributed by atoms with Gasteiger partial charge < -0.3 is 15.4 Å². The molecule has 1 rings (SSSR count). The minimum Gasteiger partial charge on any atom is -0.481 e. The highest BCUT2D eigenvalue weighted by Crippen LogP contribution is 2.19. The molecule has 0 saturated carbocycles. The molecular weight excluding hydrogens is 160 g/mol. The number of carbonyl (C=O) groups is 1. The van der Waals surface area contributed by atoms with Crippen LogP contribution < -0.4 is 5.73 Å². The van der Waals surface area contributed by atoms with E-state index in [9.17, 15) is 4.79 Å². The van der Waals surface area contributed by atoms with Crippen molar-refractivity contribution in [3.63, 3.8) is 0 Å². The predicted molar refractivity (Wildman–Crippen MR) is 41.6 cm³/mol. The van der Waals surface area contributed by atoms with E-state index < -0.39 is 5.97 Å². The summed E-state index contributed by atoms with van der Waals surface area (Å²) in [5.41, 5.74) is 5.85. The predicted octanol–water partition coefficient (Wildman–Crippen LogP) is 0.835. The fourth-order valence-corrected chi connectivity index (χ4v) is 0.903. The van der Waals surface area contributed by atoms with E-state index in [2.05, 4.69) is 9.68 Å². The second-order valence-electron chi connectivity index (χ2n) is 2.65. The van der Waals surface area contributed by atoms with Crippen molar-refractivity contribution in [2.24, 2.45) is 0 Å². The lowest BCUT2D eigenvalue weighted by atomic mass is 10.0. The Morgan fingerprint density at radius 3 is 3.00 bits per heavy atom. The zero-order valence-corrected chi connectivity index (χ0v) is 6.65. The van der Waals surface area contributed by atoms with Crippen molar-refractivity contribution >= 4 is 11.9 Å². The maximum Gasteiger partial charge on any atom is 0.304 e. The average molecular weight is 170 g/mol. The minimum absolute atomic E-state index is 0.0337. The van der Waals surface area contributed by atoms with Crippen LogP contribution in [0.3, 0.4) is 0 Å². The van der Waals surface area contributed by atoms with Crippen molar-refractivity contribution in [2.45, 2.75) is 19.3 Å². The summed E-state index contributed by atoms with van der Waals surface area (Å²) < 4.78 is 4.60. The first kappa shape index (κ1) is 8.58. The molecule has 0 radical (unpaired) electrons. The van der Waals surface area contributed by atoms with Crippen molar-refractivity contribution in [3.05, 3.63) is 11.8 Å². The number of nitrogens with zero attached hydrogens (tertiary/aromatic N) is 1. The van der Waals surface area contributed by atoms with Gasteiger partial charge in [-0.15, -0.1) is 0 Å². The number of aliphatic carboxylic acids is 1. The number of nitrogen functional groups attached to an aromatic ring is 1. The highest BCUT2D eigenvalue weighted by Gasteiger charge is 2.13. The SMILES string of the molecule is CC(CC(=O)O)c1cc(N)on1. The summed E-state index contributed by atoms with van der Waals surface area (Å²) in [5.74, 6) is -0.810. The number of hydrogen-bond acceptors (Lipinski definition) is 4. The topological polar surface area (TPSA) is 89.3 Å². The Morgan fingerprint density at radius 2 is 2.58 bits per heavy atom. The van der Waals surface area contributed by atoms with Crippen LogP contribution in [0, 0.1) is 0 Å². The van der Waals surface area contributed by atoms with E-state index in [4.69, 9.17) is 10.8 Å². The van der Waals surface area contributed by atoms with Gasteiger partial charge in [-0.3, -0.25) is 4.79 Å². The van der Waals surface area contributed by atoms with E-state index in [1.54, 1.807) is 6.92 Å². The van der Waals surface area contributed by atoms with Crippen molar-refractivity contribution in [1.29, 1.82) is 0 Å². The molecule has 0 saturated heterocycles. The summed E-state index contributed by atoms with van der Waals surface area (Å²) in [6.45, 7) is 1.76. The molecule has 0 spiro atoms. The van der Waals surface area contributed by atoms with E-state index in [0.717, 1.165) is 0 Å². The molecule has 66 valence electrons. The maximum absolute atomic E-state index is 10.3. The van der Waals surface area contributed by atoms with Crippen LogP contribution in [0.15, 0.2) is 10.6 Å². The molecule has 5 nitrogen and oxygen atoms in total. The van der Waals surface area contributed by atoms with Gasteiger partial charge in [-0.1, -0.05) is 12.1 Å². The van der Waals surface area contributed by atoms with Crippen molar-refractivity contribution in [3.8, 4) is 0 Å².